The van der Waals surface area contributed by atoms with Crippen LogP contribution in [0.15, 0.2) is 11.8 Å². The van der Waals surface area contributed by atoms with Gasteiger partial charge in [-0.2, -0.15) is 11.8 Å². The summed E-state index contributed by atoms with van der Waals surface area (Å²) in [7, 11) is 0. The van der Waals surface area contributed by atoms with Crippen molar-refractivity contribution in [2.75, 3.05) is 11.5 Å². The van der Waals surface area contributed by atoms with E-state index in [1.165, 1.54) is 17.8 Å². The van der Waals surface area contributed by atoms with Gasteiger partial charge in [0, 0.05) is 11.7 Å². The van der Waals surface area contributed by atoms with Gasteiger partial charge in [-0.15, -0.1) is 0 Å². The van der Waals surface area contributed by atoms with Crippen molar-refractivity contribution < 1.29 is 54.2 Å². The zero-order valence-corrected chi connectivity index (χ0v) is 17.9. The van der Waals surface area contributed by atoms with Crippen LogP contribution < -0.4 is 45.7 Å². The van der Waals surface area contributed by atoms with Gasteiger partial charge in [-0.25, -0.2) is 0 Å². The number of allylic oxidation sites excluding steroid dienone is 1. The Kier molecular flexibility index (Phi) is 11.0. The van der Waals surface area contributed by atoms with Crippen molar-refractivity contribution in [3.63, 3.8) is 0 Å². The fraction of sp³-hybridized carbons (Fsp3) is 0.688. The Bertz CT molecular complexity index is 525. The van der Waals surface area contributed by atoms with Crippen LogP contribution >= 0.6 is 11.8 Å². The Morgan fingerprint density at radius 1 is 1.40 bits per heavy atom. The van der Waals surface area contributed by atoms with E-state index in [2.05, 4.69) is 5.32 Å². The maximum atomic E-state index is 11.9. The van der Waals surface area contributed by atoms with E-state index in [0.717, 1.165) is 25.0 Å². The van der Waals surface area contributed by atoms with Crippen molar-refractivity contribution in [2.24, 2.45) is 17.1 Å². The smallest absolute Gasteiger partial charge is 0.543 e. The third-order valence-electron chi connectivity index (χ3n) is 4.01. The summed E-state index contributed by atoms with van der Waals surface area (Å²) in [4.78, 5) is 33.5. The molecule has 136 valence electrons. The number of nitrogens with two attached hydrogens (primary N) is 1. The Morgan fingerprint density at radius 3 is 2.48 bits per heavy atom. The normalized spacial score (nSPS) is 19.5. The third-order valence-corrected chi connectivity index (χ3v) is 5.19. The number of nitrogens with one attached hydrogen (secondary N) is 1. The van der Waals surface area contributed by atoms with Crippen LogP contribution in [0, 0.1) is 11.3 Å². The Morgan fingerprint density at radius 2 is 2.00 bits per heavy atom. The van der Waals surface area contributed by atoms with Crippen molar-refractivity contribution in [1.82, 2.24) is 5.32 Å². The number of hydrogen-bond acceptors (Lipinski definition) is 6. The quantitative estimate of drug-likeness (QED) is 0.199. The number of carboxylic acids is 2. The SMILES string of the molecule is CC1(C)C[C@@H]1C(=O)NC(=CCCCCSC[C@H](N)C(=O)O)C(=O)[O-].[Na+]. The number of hydrogen-bond donors (Lipinski definition) is 3. The van der Waals surface area contributed by atoms with Gasteiger partial charge in [0.1, 0.15) is 6.04 Å². The molecule has 0 saturated heterocycles. The van der Waals surface area contributed by atoms with E-state index < -0.39 is 18.0 Å². The fourth-order valence-electron chi connectivity index (χ4n) is 2.20. The van der Waals surface area contributed by atoms with Crippen molar-refractivity contribution >= 4 is 29.6 Å². The first kappa shape index (κ1) is 24.5. The number of carbonyl (C=O) groups excluding carboxylic acids is 2. The first-order valence-electron chi connectivity index (χ1n) is 7.93. The summed E-state index contributed by atoms with van der Waals surface area (Å²) in [6.45, 7) is 3.93. The van der Waals surface area contributed by atoms with Crippen LogP contribution in [-0.4, -0.2) is 40.5 Å². The molecule has 0 aliphatic heterocycles. The van der Waals surface area contributed by atoms with E-state index in [0.29, 0.717) is 12.2 Å². The molecule has 1 saturated carbocycles. The molecule has 0 unspecified atom stereocenters. The molecule has 2 atom stereocenters. The minimum absolute atomic E-state index is 0. The maximum absolute atomic E-state index is 11.9. The minimum atomic E-state index is -1.39. The van der Waals surface area contributed by atoms with Crippen LogP contribution in [0.4, 0.5) is 0 Å². The van der Waals surface area contributed by atoms with Gasteiger partial charge in [0.05, 0.1) is 11.7 Å². The number of carboxylic acid groups (broad SMARTS) is 2. The van der Waals surface area contributed by atoms with E-state index >= 15 is 0 Å². The Hall–Kier alpha value is -0.540. The van der Waals surface area contributed by atoms with Crippen LogP contribution in [0.5, 0.6) is 0 Å². The molecular formula is C16H25N2NaO5S. The van der Waals surface area contributed by atoms with Gasteiger partial charge in [-0.1, -0.05) is 19.9 Å². The fourth-order valence-corrected chi connectivity index (χ4v) is 3.17. The molecule has 9 heteroatoms. The van der Waals surface area contributed by atoms with E-state index in [-0.39, 0.29) is 52.5 Å². The topological polar surface area (TPSA) is 133 Å². The number of aliphatic carboxylic acids is 2. The molecule has 0 aromatic carbocycles. The molecule has 4 N–H and O–H groups in total. The first-order chi connectivity index (χ1) is 11.1. The number of unbranched alkanes of at least 4 members (excludes halogenated alkanes) is 2. The first-order valence-corrected chi connectivity index (χ1v) is 9.09. The molecule has 25 heavy (non-hydrogen) atoms. The van der Waals surface area contributed by atoms with Crippen molar-refractivity contribution in [1.29, 1.82) is 0 Å². The van der Waals surface area contributed by atoms with Gasteiger partial charge >= 0.3 is 35.5 Å². The molecule has 1 aliphatic rings. The standard InChI is InChI=1S/C16H26N2O5S.Na/c1-16(2)8-10(16)13(19)18-12(15(22)23)6-4-3-5-7-24-9-11(17)14(20)21;/h6,10-11H,3-5,7-9,17H2,1-2H3,(H,18,19)(H,20,21)(H,22,23);/q;+1/p-1/t10-,11+;/m1./s1. The van der Waals surface area contributed by atoms with Crippen molar-refractivity contribution in [3.05, 3.63) is 11.8 Å². The number of rotatable bonds is 11. The second-order valence-corrected chi connectivity index (χ2v) is 7.81. The molecule has 0 bridgehead atoms. The van der Waals surface area contributed by atoms with E-state index in [1.807, 2.05) is 13.8 Å². The minimum Gasteiger partial charge on any atom is -0.543 e. The predicted octanol–water partition coefficient (Wildman–Crippen LogP) is -2.90. The summed E-state index contributed by atoms with van der Waals surface area (Å²) in [6, 6.07) is -0.860. The Balaban J connectivity index is 0.00000576. The van der Waals surface area contributed by atoms with Gasteiger partial charge in [0.2, 0.25) is 5.91 Å². The monoisotopic (exact) mass is 380 g/mol. The van der Waals surface area contributed by atoms with Gasteiger partial charge < -0.3 is 26.1 Å². The molecule has 7 nitrogen and oxygen atoms in total. The molecule has 0 radical (unpaired) electrons. The number of carbonyl (C=O) groups is 3. The van der Waals surface area contributed by atoms with Crippen LogP contribution in [0.25, 0.3) is 0 Å². The summed E-state index contributed by atoms with van der Waals surface area (Å²) in [5.74, 6) is -1.72. The zero-order valence-electron chi connectivity index (χ0n) is 15.0. The molecule has 0 heterocycles. The zero-order chi connectivity index (χ0) is 18.3. The average Bonchev–Trinajstić information content (AvgIpc) is 3.13. The Labute approximate surface area is 174 Å². The maximum Gasteiger partial charge on any atom is 1.00 e. The predicted molar refractivity (Wildman–Crippen MR) is 89.9 cm³/mol. The van der Waals surface area contributed by atoms with Gasteiger partial charge in [0.25, 0.3) is 0 Å². The number of thioether (sulfide) groups is 1. The molecule has 1 amide bonds. The van der Waals surface area contributed by atoms with Crippen molar-refractivity contribution in [3.8, 4) is 0 Å². The van der Waals surface area contributed by atoms with E-state index in [9.17, 15) is 19.5 Å². The molecule has 0 aromatic rings. The second kappa shape index (κ2) is 11.2. The molecule has 1 aliphatic carbocycles. The van der Waals surface area contributed by atoms with Crippen LogP contribution in [0.3, 0.4) is 0 Å². The van der Waals surface area contributed by atoms with Crippen LogP contribution in [0.2, 0.25) is 0 Å². The van der Waals surface area contributed by atoms with Gasteiger partial charge in [-0.05, 0) is 36.9 Å². The summed E-state index contributed by atoms with van der Waals surface area (Å²) in [6.07, 6.45) is 4.27. The van der Waals surface area contributed by atoms with Crippen LogP contribution in [0.1, 0.15) is 39.5 Å². The largest absolute Gasteiger partial charge is 1.00 e. The summed E-state index contributed by atoms with van der Waals surface area (Å²) < 4.78 is 0. The molecule has 1 fully saturated rings. The summed E-state index contributed by atoms with van der Waals surface area (Å²) >= 11 is 1.45. The molecule has 1 rings (SSSR count). The van der Waals surface area contributed by atoms with E-state index in [1.54, 1.807) is 0 Å². The van der Waals surface area contributed by atoms with E-state index in [4.69, 9.17) is 10.8 Å². The second-order valence-electron chi connectivity index (χ2n) is 6.66. The van der Waals surface area contributed by atoms with Crippen molar-refractivity contribution in [2.45, 2.75) is 45.6 Å². The van der Waals surface area contributed by atoms with Gasteiger partial charge in [0.15, 0.2) is 0 Å². The summed E-state index contributed by atoms with van der Waals surface area (Å²) in [5.41, 5.74) is 5.15. The van der Waals surface area contributed by atoms with Crippen LogP contribution in [-0.2, 0) is 14.4 Å². The average molecular weight is 380 g/mol. The summed E-state index contributed by atoms with van der Waals surface area (Å²) in [5, 5.41) is 22.2. The molecule has 0 aromatic heterocycles. The molecular weight excluding hydrogens is 355 g/mol. The molecule has 0 spiro atoms. The third kappa shape index (κ3) is 9.10. The van der Waals surface area contributed by atoms with Gasteiger partial charge in [-0.3, -0.25) is 9.59 Å². The number of amides is 1.